The van der Waals surface area contributed by atoms with Crippen LogP contribution in [0, 0.1) is 0 Å². The predicted molar refractivity (Wildman–Crippen MR) is 108 cm³/mol. The van der Waals surface area contributed by atoms with Crippen LogP contribution < -0.4 is 10.2 Å². The fourth-order valence-electron chi connectivity index (χ4n) is 2.81. The van der Waals surface area contributed by atoms with Crippen LogP contribution in [0.5, 0.6) is 0 Å². The molecule has 0 spiro atoms. The molecule has 0 aliphatic rings. The number of amides is 2. The molecule has 0 radical (unpaired) electrons. The molecule has 0 atom stereocenters. The van der Waals surface area contributed by atoms with Gasteiger partial charge >= 0.3 is 0 Å². The van der Waals surface area contributed by atoms with E-state index in [1.54, 1.807) is 30.1 Å². The van der Waals surface area contributed by atoms with Crippen molar-refractivity contribution < 1.29 is 9.59 Å². The minimum absolute atomic E-state index is 0.00233. The average Bonchev–Trinajstić information content (AvgIpc) is 2.67. The smallest absolute Gasteiger partial charge is 0.258 e. The molecule has 0 unspecified atom stereocenters. The molecule has 0 saturated carbocycles. The number of carbonyl (C=O) groups is 2. The number of rotatable bonds is 9. The van der Waals surface area contributed by atoms with Crippen molar-refractivity contribution in [3.05, 3.63) is 60.2 Å². The van der Waals surface area contributed by atoms with Gasteiger partial charge < -0.3 is 10.2 Å². The molecule has 4 heteroatoms. The van der Waals surface area contributed by atoms with Gasteiger partial charge in [0.05, 0.1) is 0 Å². The number of unbranched alkanes of at least 4 members (excludes halogenated alkanes) is 4. The monoisotopic (exact) mass is 352 g/mol. The molecule has 26 heavy (non-hydrogen) atoms. The van der Waals surface area contributed by atoms with Gasteiger partial charge in [-0.05, 0) is 36.8 Å². The van der Waals surface area contributed by atoms with Gasteiger partial charge in [0.25, 0.3) is 5.91 Å². The number of hydrogen-bond acceptors (Lipinski definition) is 2. The normalized spacial score (nSPS) is 10.4. The summed E-state index contributed by atoms with van der Waals surface area (Å²) >= 11 is 0. The highest BCUT2D eigenvalue weighted by atomic mass is 16.2. The number of nitrogens with zero attached hydrogens (tertiary/aromatic N) is 1. The summed E-state index contributed by atoms with van der Waals surface area (Å²) in [6, 6.07) is 16.6. The zero-order valence-electron chi connectivity index (χ0n) is 15.7. The molecule has 4 nitrogen and oxygen atoms in total. The summed E-state index contributed by atoms with van der Waals surface area (Å²) in [5.74, 6) is -0.102. The maximum absolute atomic E-state index is 12.7. The van der Waals surface area contributed by atoms with Crippen molar-refractivity contribution in [2.24, 2.45) is 0 Å². The van der Waals surface area contributed by atoms with Crippen LogP contribution in [-0.4, -0.2) is 18.9 Å². The standard InChI is InChI=1S/C22H28N2O2/c1-3-4-5-6-10-16-21(25)23-19-13-11-12-18(17-19)22(26)24(2)20-14-8-7-9-15-20/h7-9,11-15,17H,3-6,10,16H2,1-2H3,(H,23,25). The Bertz CT molecular complexity index is 713. The number of hydrogen-bond donors (Lipinski definition) is 1. The fraction of sp³-hybridized carbons (Fsp3) is 0.364. The molecule has 0 bridgehead atoms. The van der Waals surface area contributed by atoms with Gasteiger partial charge in [-0.2, -0.15) is 0 Å². The molecule has 0 saturated heterocycles. The number of nitrogens with one attached hydrogen (secondary N) is 1. The molecule has 2 rings (SSSR count). The molecule has 0 fully saturated rings. The molecule has 0 aromatic heterocycles. The van der Waals surface area contributed by atoms with Gasteiger partial charge in [0.1, 0.15) is 0 Å². The van der Waals surface area contributed by atoms with Crippen LogP contribution in [0.4, 0.5) is 11.4 Å². The summed E-state index contributed by atoms with van der Waals surface area (Å²) < 4.78 is 0. The highest BCUT2D eigenvalue weighted by Crippen LogP contribution is 2.18. The van der Waals surface area contributed by atoms with E-state index in [2.05, 4.69) is 12.2 Å². The van der Waals surface area contributed by atoms with Crippen LogP contribution in [0.15, 0.2) is 54.6 Å². The van der Waals surface area contributed by atoms with E-state index in [9.17, 15) is 9.59 Å². The van der Waals surface area contributed by atoms with Gasteiger partial charge in [-0.25, -0.2) is 0 Å². The second-order valence-corrected chi connectivity index (χ2v) is 6.49. The van der Waals surface area contributed by atoms with Crippen LogP contribution in [0.3, 0.4) is 0 Å². The third kappa shape index (κ3) is 6.03. The van der Waals surface area contributed by atoms with E-state index in [-0.39, 0.29) is 11.8 Å². The molecule has 0 heterocycles. The van der Waals surface area contributed by atoms with E-state index in [0.29, 0.717) is 17.7 Å². The number of para-hydroxylation sites is 1. The topological polar surface area (TPSA) is 49.4 Å². The van der Waals surface area contributed by atoms with Crippen LogP contribution in [-0.2, 0) is 4.79 Å². The Balaban J connectivity index is 1.92. The molecule has 138 valence electrons. The summed E-state index contributed by atoms with van der Waals surface area (Å²) in [4.78, 5) is 26.3. The molecule has 0 aliphatic heterocycles. The van der Waals surface area contributed by atoms with Crippen molar-refractivity contribution in [3.63, 3.8) is 0 Å². The fourth-order valence-corrected chi connectivity index (χ4v) is 2.81. The van der Waals surface area contributed by atoms with Crippen molar-refractivity contribution in [1.29, 1.82) is 0 Å². The summed E-state index contributed by atoms with van der Waals surface area (Å²) in [5.41, 5.74) is 2.05. The highest BCUT2D eigenvalue weighted by Gasteiger charge is 2.14. The Morgan fingerprint density at radius 2 is 1.65 bits per heavy atom. The molecular weight excluding hydrogens is 324 g/mol. The molecule has 2 amide bonds. The van der Waals surface area contributed by atoms with E-state index in [1.165, 1.54) is 19.3 Å². The molecule has 0 aliphatic carbocycles. The van der Waals surface area contributed by atoms with Crippen molar-refractivity contribution in [1.82, 2.24) is 0 Å². The maximum Gasteiger partial charge on any atom is 0.258 e. The van der Waals surface area contributed by atoms with Crippen molar-refractivity contribution in [3.8, 4) is 0 Å². The summed E-state index contributed by atoms with van der Waals surface area (Å²) in [5, 5.41) is 2.90. The van der Waals surface area contributed by atoms with Gasteiger partial charge in [-0.3, -0.25) is 9.59 Å². The first-order valence-corrected chi connectivity index (χ1v) is 9.35. The van der Waals surface area contributed by atoms with E-state index >= 15 is 0 Å². The average molecular weight is 352 g/mol. The maximum atomic E-state index is 12.7. The lowest BCUT2D eigenvalue weighted by atomic mass is 10.1. The minimum atomic E-state index is -0.105. The largest absolute Gasteiger partial charge is 0.326 e. The molecule has 2 aromatic rings. The van der Waals surface area contributed by atoms with Crippen LogP contribution >= 0.6 is 0 Å². The quantitative estimate of drug-likeness (QED) is 0.626. The zero-order chi connectivity index (χ0) is 18.8. The highest BCUT2D eigenvalue weighted by molar-refractivity contribution is 6.06. The Morgan fingerprint density at radius 1 is 0.923 bits per heavy atom. The minimum Gasteiger partial charge on any atom is -0.326 e. The number of carbonyl (C=O) groups excluding carboxylic acids is 2. The van der Waals surface area contributed by atoms with Crippen molar-refractivity contribution >= 4 is 23.2 Å². The molecule has 1 N–H and O–H groups in total. The second kappa shape index (κ2) is 10.4. The molecular formula is C22H28N2O2. The summed E-state index contributed by atoms with van der Waals surface area (Å²) in [6.45, 7) is 2.18. The van der Waals surface area contributed by atoms with Crippen molar-refractivity contribution in [2.45, 2.75) is 45.4 Å². The lowest BCUT2D eigenvalue weighted by Crippen LogP contribution is -2.26. The van der Waals surface area contributed by atoms with Gasteiger partial charge in [-0.15, -0.1) is 0 Å². The Hall–Kier alpha value is -2.62. The van der Waals surface area contributed by atoms with Gasteiger partial charge in [0, 0.05) is 30.4 Å². The van der Waals surface area contributed by atoms with E-state index in [4.69, 9.17) is 0 Å². The van der Waals surface area contributed by atoms with Crippen molar-refractivity contribution in [2.75, 3.05) is 17.3 Å². The molecule has 2 aromatic carbocycles. The number of benzene rings is 2. The lowest BCUT2D eigenvalue weighted by molar-refractivity contribution is -0.116. The second-order valence-electron chi connectivity index (χ2n) is 6.49. The van der Waals surface area contributed by atoms with Gasteiger partial charge in [0.15, 0.2) is 0 Å². The first-order valence-electron chi connectivity index (χ1n) is 9.35. The Morgan fingerprint density at radius 3 is 2.38 bits per heavy atom. The zero-order valence-corrected chi connectivity index (χ0v) is 15.7. The Labute approximate surface area is 156 Å². The van der Waals surface area contributed by atoms with E-state index in [1.807, 2.05) is 36.4 Å². The third-order valence-corrected chi connectivity index (χ3v) is 4.35. The first kappa shape index (κ1) is 19.7. The van der Waals surface area contributed by atoms with Gasteiger partial charge in [-0.1, -0.05) is 56.9 Å². The summed E-state index contributed by atoms with van der Waals surface area (Å²) in [7, 11) is 1.75. The Kier molecular flexibility index (Phi) is 7.87. The van der Waals surface area contributed by atoms with E-state index in [0.717, 1.165) is 18.5 Å². The number of anilines is 2. The predicted octanol–water partition coefficient (Wildman–Crippen LogP) is 5.26. The van der Waals surface area contributed by atoms with Crippen LogP contribution in [0.25, 0.3) is 0 Å². The van der Waals surface area contributed by atoms with E-state index < -0.39 is 0 Å². The van der Waals surface area contributed by atoms with Crippen LogP contribution in [0.1, 0.15) is 55.8 Å². The summed E-state index contributed by atoms with van der Waals surface area (Å²) in [6.07, 6.45) is 6.11. The third-order valence-electron chi connectivity index (χ3n) is 4.35. The SMILES string of the molecule is CCCCCCCC(=O)Nc1cccc(C(=O)N(C)c2ccccc2)c1. The lowest BCUT2D eigenvalue weighted by Gasteiger charge is -2.17. The van der Waals surface area contributed by atoms with Gasteiger partial charge in [0.2, 0.25) is 5.91 Å². The first-order chi connectivity index (χ1) is 12.6. The van der Waals surface area contributed by atoms with Crippen LogP contribution in [0.2, 0.25) is 0 Å².